The van der Waals surface area contributed by atoms with Gasteiger partial charge in [-0.1, -0.05) is 60.7 Å². The molecule has 0 aromatic heterocycles. The molecule has 0 bridgehead atoms. The van der Waals surface area contributed by atoms with Gasteiger partial charge < -0.3 is 20.0 Å². The summed E-state index contributed by atoms with van der Waals surface area (Å²) < 4.78 is 0. The Morgan fingerprint density at radius 3 is 1.41 bits per heavy atom. The lowest BCUT2D eigenvalue weighted by atomic mass is 9.91. The van der Waals surface area contributed by atoms with Crippen LogP contribution in [0, 0.1) is 0 Å². The van der Waals surface area contributed by atoms with Crippen LogP contribution < -0.4 is 9.80 Å². The zero-order valence-corrected chi connectivity index (χ0v) is 24.3. The molecule has 0 fully saturated rings. The van der Waals surface area contributed by atoms with Crippen molar-refractivity contribution in [3.63, 3.8) is 0 Å². The van der Waals surface area contributed by atoms with Crippen LogP contribution in [0.1, 0.15) is 38.2 Å². The Kier molecular flexibility index (Phi) is 6.26. The summed E-state index contributed by atoms with van der Waals surface area (Å²) in [5.41, 5.74) is 8.35. The van der Waals surface area contributed by atoms with Crippen LogP contribution in [-0.2, 0) is 25.9 Å². The fourth-order valence-corrected chi connectivity index (χ4v) is 7.17. The number of hydrogen-bond acceptors (Lipinski definition) is 5. The predicted molar refractivity (Wildman–Crippen MR) is 177 cm³/mol. The third kappa shape index (κ3) is 4.44. The number of carbonyl (C=O) groups is 1. The third-order valence-corrected chi connectivity index (χ3v) is 9.33. The molecule has 0 spiro atoms. The van der Waals surface area contributed by atoms with E-state index in [1.807, 2.05) is 36.4 Å². The number of fused-ring (bicyclic) bond motifs is 4. The van der Waals surface area contributed by atoms with Crippen molar-refractivity contribution in [2.24, 2.45) is 0 Å². The Balaban J connectivity index is 1.31. The predicted octanol–water partition coefficient (Wildman–Crippen LogP) is 7.76. The number of phenols is 2. The summed E-state index contributed by atoms with van der Waals surface area (Å²) in [7, 11) is 0. The molecule has 2 N–H and O–H groups in total. The maximum Gasteiger partial charge on any atom is 0.197 e. The highest BCUT2D eigenvalue weighted by atomic mass is 16.3. The lowest BCUT2D eigenvalue weighted by molar-refractivity contribution is 0.103. The lowest BCUT2D eigenvalue weighted by Crippen LogP contribution is -2.33. The zero-order chi connectivity index (χ0) is 29.8. The van der Waals surface area contributed by atoms with Gasteiger partial charge in [-0.25, -0.2) is 0 Å². The van der Waals surface area contributed by atoms with Crippen molar-refractivity contribution in [3.8, 4) is 11.5 Å². The molecule has 0 atom stereocenters. The maximum absolute atomic E-state index is 14.9. The summed E-state index contributed by atoms with van der Waals surface area (Å²) >= 11 is 0. The minimum absolute atomic E-state index is 0.0299. The highest BCUT2D eigenvalue weighted by Crippen LogP contribution is 2.41. The summed E-state index contributed by atoms with van der Waals surface area (Å²) in [5, 5.41) is 24.3. The lowest BCUT2D eigenvalue weighted by Gasteiger charge is -2.34. The van der Waals surface area contributed by atoms with Gasteiger partial charge in [0.2, 0.25) is 0 Å². The monoisotopic (exact) mass is 576 g/mol. The number of rotatable bonds is 4. The molecule has 2 heterocycles. The summed E-state index contributed by atoms with van der Waals surface area (Å²) in [4.78, 5) is 19.6. The van der Waals surface area contributed by atoms with E-state index < -0.39 is 0 Å². The number of nitrogens with zero attached hydrogens (tertiary/aromatic N) is 2. The van der Waals surface area contributed by atoms with Gasteiger partial charge in [-0.3, -0.25) is 4.79 Å². The van der Waals surface area contributed by atoms with Crippen LogP contribution in [0.3, 0.4) is 0 Å². The minimum atomic E-state index is -0.0299. The second-order valence-electron chi connectivity index (χ2n) is 11.9. The molecular formula is C39H32N2O3. The maximum atomic E-state index is 14.9. The SMILES string of the molecule is O=C(c1ccc2cc(O)ccc2c1N1CCc2ccccc2C1)c1ccc2cc(O)ccc2c1N1CCc2ccccc2C1. The van der Waals surface area contributed by atoms with E-state index in [9.17, 15) is 15.0 Å². The van der Waals surface area contributed by atoms with E-state index in [2.05, 4.69) is 58.3 Å². The minimum Gasteiger partial charge on any atom is -0.508 e. The number of phenolic OH excluding ortho intramolecular Hbond substituents is 2. The molecule has 0 unspecified atom stereocenters. The number of hydrogen-bond donors (Lipinski definition) is 2. The van der Waals surface area contributed by atoms with Crippen molar-refractivity contribution < 1.29 is 15.0 Å². The van der Waals surface area contributed by atoms with E-state index in [-0.39, 0.29) is 17.3 Å². The fraction of sp³-hybridized carbons (Fsp3) is 0.154. The first kappa shape index (κ1) is 26.3. The van der Waals surface area contributed by atoms with Crippen LogP contribution in [0.2, 0.25) is 0 Å². The molecule has 8 rings (SSSR count). The average Bonchev–Trinajstić information content (AvgIpc) is 3.06. The number of benzene rings is 6. The molecule has 216 valence electrons. The Hall–Kier alpha value is -5.29. The first-order valence-corrected chi connectivity index (χ1v) is 15.2. The van der Waals surface area contributed by atoms with Gasteiger partial charge in [0.25, 0.3) is 0 Å². The summed E-state index contributed by atoms with van der Waals surface area (Å²) in [5.74, 6) is 0.381. The van der Waals surface area contributed by atoms with Crippen LogP contribution in [0.5, 0.6) is 11.5 Å². The molecule has 0 aliphatic carbocycles. The van der Waals surface area contributed by atoms with Crippen LogP contribution in [0.4, 0.5) is 11.4 Å². The molecule has 0 amide bonds. The van der Waals surface area contributed by atoms with Gasteiger partial charge in [-0.05, 0) is 94.4 Å². The number of anilines is 2. The van der Waals surface area contributed by atoms with Gasteiger partial charge in [-0.2, -0.15) is 0 Å². The van der Waals surface area contributed by atoms with Gasteiger partial charge in [0.05, 0.1) is 11.4 Å². The van der Waals surface area contributed by atoms with E-state index in [1.165, 1.54) is 22.3 Å². The quantitative estimate of drug-likeness (QED) is 0.210. The van der Waals surface area contributed by atoms with Crippen LogP contribution >= 0.6 is 0 Å². The smallest absolute Gasteiger partial charge is 0.197 e. The Morgan fingerprint density at radius 2 is 0.955 bits per heavy atom. The normalized spacial score (nSPS) is 14.5. The fourth-order valence-electron chi connectivity index (χ4n) is 7.17. The molecular weight excluding hydrogens is 544 g/mol. The first-order valence-electron chi connectivity index (χ1n) is 15.2. The van der Waals surface area contributed by atoms with E-state index in [4.69, 9.17) is 0 Å². The third-order valence-electron chi connectivity index (χ3n) is 9.33. The molecule has 0 saturated heterocycles. The van der Waals surface area contributed by atoms with Gasteiger partial charge in [0.15, 0.2) is 5.78 Å². The van der Waals surface area contributed by atoms with Crippen LogP contribution in [0.15, 0.2) is 109 Å². The number of carbonyl (C=O) groups excluding carboxylic acids is 1. The molecule has 6 aromatic rings. The molecule has 5 heteroatoms. The van der Waals surface area contributed by atoms with Gasteiger partial charge in [0.1, 0.15) is 11.5 Å². The van der Waals surface area contributed by atoms with Gasteiger partial charge in [0, 0.05) is 48.1 Å². The molecule has 44 heavy (non-hydrogen) atoms. The van der Waals surface area contributed by atoms with Gasteiger partial charge in [-0.15, -0.1) is 0 Å². The Bertz CT molecular complexity index is 1950. The van der Waals surface area contributed by atoms with E-state index >= 15 is 0 Å². The highest BCUT2D eigenvalue weighted by molar-refractivity contribution is 6.21. The molecule has 0 radical (unpaired) electrons. The van der Waals surface area contributed by atoms with Crippen molar-refractivity contribution in [1.29, 1.82) is 0 Å². The second-order valence-corrected chi connectivity index (χ2v) is 11.9. The van der Waals surface area contributed by atoms with Crippen LogP contribution in [0.25, 0.3) is 21.5 Å². The largest absolute Gasteiger partial charge is 0.508 e. The molecule has 2 aliphatic heterocycles. The van der Waals surface area contributed by atoms with Crippen molar-refractivity contribution >= 4 is 38.7 Å². The molecule has 6 aromatic carbocycles. The highest BCUT2D eigenvalue weighted by Gasteiger charge is 2.28. The number of aromatic hydroxyl groups is 2. The standard InChI is InChI=1S/C39H32N2O3/c42-31-11-15-33-27(21-31)9-13-35(37(33)40-19-17-25-5-1-3-7-29(25)23-40)39(44)36-14-10-28-22-32(43)12-16-34(28)38(36)41-20-18-26-6-2-4-8-30(26)24-41/h1-16,21-22,42-43H,17-20,23-24H2. The van der Waals surface area contributed by atoms with Crippen molar-refractivity contribution in [3.05, 3.63) is 143 Å². The van der Waals surface area contributed by atoms with E-state index in [1.54, 1.807) is 24.3 Å². The summed E-state index contributed by atoms with van der Waals surface area (Å²) in [6.07, 6.45) is 1.80. The topological polar surface area (TPSA) is 64.0 Å². The van der Waals surface area contributed by atoms with Crippen molar-refractivity contribution in [2.45, 2.75) is 25.9 Å². The Morgan fingerprint density at radius 1 is 0.523 bits per heavy atom. The van der Waals surface area contributed by atoms with Crippen molar-refractivity contribution in [2.75, 3.05) is 22.9 Å². The van der Waals surface area contributed by atoms with E-state index in [0.717, 1.165) is 58.9 Å². The van der Waals surface area contributed by atoms with Crippen molar-refractivity contribution in [1.82, 2.24) is 0 Å². The Labute approximate surface area is 256 Å². The summed E-state index contributed by atoms with van der Waals surface area (Å²) in [6, 6.07) is 35.6. The molecule has 2 aliphatic rings. The number of ketones is 1. The van der Waals surface area contributed by atoms with E-state index in [0.29, 0.717) is 24.2 Å². The van der Waals surface area contributed by atoms with Gasteiger partial charge >= 0.3 is 0 Å². The zero-order valence-electron chi connectivity index (χ0n) is 24.3. The summed E-state index contributed by atoms with van der Waals surface area (Å²) in [6.45, 7) is 3.01. The average molecular weight is 577 g/mol. The van der Waals surface area contributed by atoms with Crippen LogP contribution in [-0.4, -0.2) is 29.1 Å². The molecule has 0 saturated carbocycles. The molecule has 5 nitrogen and oxygen atoms in total. The second kappa shape index (κ2) is 10.5. The first-order chi connectivity index (χ1) is 21.5.